The maximum atomic E-state index is 6.46. The SMILES string of the molecule is c1ccc(-c2cccc(-c3nc(-c4cc5sc6cccc7c8ccccc8c(c4)c5c67)nc4c3oc3ccccc34)c2)cc1. The molecule has 0 saturated heterocycles. The van der Waals surface area contributed by atoms with Gasteiger partial charge in [0.2, 0.25) is 0 Å². The highest BCUT2D eigenvalue weighted by atomic mass is 32.1. The Balaban J connectivity index is 1.29. The summed E-state index contributed by atoms with van der Waals surface area (Å²) in [5.74, 6) is 0.697. The van der Waals surface area contributed by atoms with Crippen LogP contribution >= 0.6 is 11.3 Å². The average Bonchev–Trinajstić information content (AvgIpc) is 3.66. The van der Waals surface area contributed by atoms with Gasteiger partial charge < -0.3 is 4.42 Å². The molecule has 0 atom stereocenters. The molecule has 0 N–H and O–H groups in total. The van der Waals surface area contributed by atoms with Gasteiger partial charge in [-0.15, -0.1) is 11.3 Å². The van der Waals surface area contributed by atoms with Crippen LogP contribution in [0.4, 0.5) is 0 Å². The van der Waals surface area contributed by atoms with E-state index >= 15 is 0 Å². The lowest BCUT2D eigenvalue weighted by atomic mass is 9.93. The number of benzene rings is 7. The second-order valence-electron chi connectivity index (χ2n) is 11.3. The summed E-state index contributed by atoms with van der Waals surface area (Å²) in [4.78, 5) is 10.5. The third kappa shape index (κ3) is 3.37. The van der Waals surface area contributed by atoms with Crippen molar-refractivity contribution in [3.05, 3.63) is 133 Å². The Labute approximate surface area is 256 Å². The number of fused-ring (bicyclic) bond motifs is 6. The van der Waals surface area contributed by atoms with Gasteiger partial charge >= 0.3 is 0 Å². The normalized spacial score (nSPS) is 12.1. The number of thiophene rings is 1. The fourth-order valence-corrected chi connectivity index (χ4v) is 8.06. The molecule has 0 bridgehead atoms. The van der Waals surface area contributed by atoms with Crippen LogP contribution in [0.5, 0.6) is 0 Å². The molecule has 0 fully saturated rings. The molecule has 3 aromatic heterocycles. The minimum absolute atomic E-state index is 0.697. The quantitative estimate of drug-likeness (QED) is 0.196. The van der Waals surface area contributed by atoms with Crippen molar-refractivity contribution in [3.8, 4) is 33.8 Å². The molecule has 10 aromatic rings. The molecule has 0 amide bonds. The highest BCUT2D eigenvalue weighted by Gasteiger charge is 2.21. The van der Waals surface area contributed by atoms with Gasteiger partial charge in [-0.05, 0) is 69.1 Å². The van der Waals surface area contributed by atoms with Gasteiger partial charge in [-0.2, -0.15) is 0 Å². The third-order valence-electron chi connectivity index (χ3n) is 8.83. The van der Waals surface area contributed by atoms with Gasteiger partial charge in [0.15, 0.2) is 11.4 Å². The van der Waals surface area contributed by atoms with E-state index < -0.39 is 0 Å². The Hall–Kier alpha value is -5.58. The van der Waals surface area contributed by atoms with Gasteiger partial charge in [-0.3, -0.25) is 0 Å². The van der Waals surface area contributed by atoms with E-state index in [1.54, 1.807) is 0 Å². The largest absolute Gasteiger partial charge is 0.452 e. The molecule has 10 rings (SSSR count). The Kier molecular flexibility index (Phi) is 4.87. The van der Waals surface area contributed by atoms with Crippen LogP contribution in [-0.4, -0.2) is 9.97 Å². The van der Waals surface area contributed by atoms with Gasteiger partial charge in [0.05, 0.1) is 0 Å². The maximum absolute atomic E-state index is 6.46. The maximum Gasteiger partial charge on any atom is 0.180 e. The first kappa shape index (κ1) is 23.9. The summed E-state index contributed by atoms with van der Waals surface area (Å²) in [6.07, 6.45) is 0. The van der Waals surface area contributed by atoms with Crippen molar-refractivity contribution in [2.45, 2.75) is 0 Å². The third-order valence-corrected chi connectivity index (χ3v) is 9.93. The fourth-order valence-electron chi connectivity index (χ4n) is 6.86. The Morgan fingerprint density at radius 3 is 2.02 bits per heavy atom. The summed E-state index contributed by atoms with van der Waals surface area (Å²) in [7, 11) is 0. The second kappa shape index (κ2) is 8.96. The van der Waals surface area contributed by atoms with Gasteiger partial charge in [0.1, 0.15) is 16.8 Å². The zero-order chi connectivity index (χ0) is 28.8. The number of hydrogen-bond donors (Lipinski definition) is 0. The summed E-state index contributed by atoms with van der Waals surface area (Å²) in [5.41, 5.74) is 7.45. The van der Waals surface area contributed by atoms with E-state index in [1.807, 2.05) is 35.6 Å². The number of aromatic nitrogens is 2. The summed E-state index contributed by atoms with van der Waals surface area (Å²) in [6, 6.07) is 47.1. The average molecular weight is 579 g/mol. The Morgan fingerprint density at radius 1 is 0.455 bits per heavy atom. The van der Waals surface area contributed by atoms with Crippen LogP contribution in [0.25, 0.3) is 97.6 Å². The van der Waals surface area contributed by atoms with Crippen LogP contribution in [0.15, 0.2) is 138 Å². The van der Waals surface area contributed by atoms with Crippen LogP contribution in [-0.2, 0) is 0 Å². The van der Waals surface area contributed by atoms with Crippen molar-refractivity contribution < 1.29 is 4.42 Å². The van der Waals surface area contributed by atoms with Gasteiger partial charge in [0, 0.05) is 36.7 Å². The molecule has 7 aromatic carbocycles. The molecule has 0 radical (unpaired) electrons. The second-order valence-corrected chi connectivity index (χ2v) is 12.4. The molecule has 0 aliphatic rings. The zero-order valence-corrected chi connectivity index (χ0v) is 24.2. The molecule has 3 heterocycles. The molecular formula is C40H22N2OS. The van der Waals surface area contributed by atoms with Crippen LogP contribution in [0.1, 0.15) is 0 Å². The molecule has 4 heteroatoms. The molecule has 0 aliphatic heterocycles. The predicted octanol–water partition coefficient (Wildman–Crippen LogP) is 11.5. The van der Waals surface area contributed by atoms with Crippen LogP contribution in [0.2, 0.25) is 0 Å². The van der Waals surface area contributed by atoms with Crippen molar-refractivity contribution in [1.82, 2.24) is 9.97 Å². The lowest BCUT2D eigenvalue weighted by molar-refractivity contribution is 0.667. The van der Waals surface area contributed by atoms with E-state index in [0.717, 1.165) is 44.4 Å². The topological polar surface area (TPSA) is 38.9 Å². The fraction of sp³-hybridized carbons (Fsp3) is 0. The highest BCUT2D eigenvalue weighted by Crippen LogP contribution is 2.47. The lowest BCUT2D eigenvalue weighted by Gasteiger charge is -2.11. The minimum Gasteiger partial charge on any atom is -0.452 e. The standard InChI is InChI=1S/C40H22N2OS/c1-2-10-23(11-3-1)24-12-8-13-25(20-24)37-39-38(30-16-6-7-18-32(30)43-39)42-40(41-37)26-21-31-28-15-5-4-14-27(28)29-17-9-19-33-35(29)36(31)34(22-26)44-33/h1-22H. The summed E-state index contributed by atoms with van der Waals surface area (Å²) >= 11 is 1.84. The van der Waals surface area contributed by atoms with Gasteiger partial charge in [-0.25, -0.2) is 9.97 Å². The molecule has 0 aliphatic carbocycles. The van der Waals surface area contributed by atoms with Gasteiger partial charge in [-0.1, -0.05) is 97.1 Å². The number of furan rings is 1. The van der Waals surface area contributed by atoms with E-state index in [4.69, 9.17) is 14.4 Å². The number of hydrogen-bond acceptors (Lipinski definition) is 4. The van der Waals surface area contributed by atoms with E-state index in [9.17, 15) is 0 Å². The smallest absolute Gasteiger partial charge is 0.180 e. The summed E-state index contributed by atoms with van der Waals surface area (Å²) in [6.45, 7) is 0. The van der Waals surface area contributed by atoms with Gasteiger partial charge in [0.25, 0.3) is 0 Å². The summed E-state index contributed by atoms with van der Waals surface area (Å²) < 4.78 is 9.02. The lowest BCUT2D eigenvalue weighted by Crippen LogP contribution is -1.94. The van der Waals surface area contributed by atoms with Crippen LogP contribution < -0.4 is 0 Å². The van der Waals surface area contributed by atoms with Crippen LogP contribution in [0, 0.1) is 0 Å². The number of rotatable bonds is 3. The molecule has 0 saturated carbocycles. The van der Waals surface area contributed by atoms with Crippen molar-refractivity contribution >= 4 is 75.1 Å². The molecule has 44 heavy (non-hydrogen) atoms. The number of para-hydroxylation sites is 1. The molecular weight excluding hydrogens is 557 g/mol. The highest BCUT2D eigenvalue weighted by molar-refractivity contribution is 7.26. The minimum atomic E-state index is 0.697. The van der Waals surface area contributed by atoms with E-state index in [-0.39, 0.29) is 0 Å². The van der Waals surface area contributed by atoms with E-state index in [1.165, 1.54) is 41.7 Å². The summed E-state index contributed by atoms with van der Waals surface area (Å²) in [5, 5.41) is 8.75. The monoisotopic (exact) mass is 578 g/mol. The number of nitrogens with zero attached hydrogens (tertiary/aromatic N) is 2. The predicted molar refractivity (Wildman–Crippen MR) is 185 cm³/mol. The molecule has 0 spiro atoms. The molecule has 0 unspecified atom stereocenters. The van der Waals surface area contributed by atoms with Crippen molar-refractivity contribution in [2.24, 2.45) is 0 Å². The first-order chi connectivity index (χ1) is 21.8. The first-order valence-electron chi connectivity index (χ1n) is 14.7. The molecule has 204 valence electrons. The van der Waals surface area contributed by atoms with E-state index in [2.05, 4.69) is 109 Å². The first-order valence-corrected chi connectivity index (χ1v) is 15.6. The van der Waals surface area contributed by atoms with Crippen molar-refractivity contribution in [1.29, 1.82) is 0 Å². The van der Waals surface area contributed by atoms with Crippen molar-refractivity contribution in [3.63, 3.8) is 0 Å². The van der Waals surface area contributed by atoms with E-state index in [0.29, 0.717) is 11.4 Å². The van der Waals surface area contributed by atoms with Crippen LogP contribution in [0.3, 0.4) is 0 Å². The van der Waals surface area contributed by atoms with Crippen molar-refractivity contribution in [2.75, 3.05) is 0 Å². The molecule has 3 nitrogen and oxygen atoms in total. The zero-order valence-electron chi connectivity index (χ0n) is 23.4. The Bertz CT molecular complexity index is 2720. The Morgan fingerprint density at radius 2 is 1.14 bits per heavy atom.